The van der Waals surface area contributed by atoms with E-state index >= 15 is 0 Å². The summed E-state index contributed by atoms with van der Waals surface area (Å²) in [7, 11) is 0. The molecule has 62 valence electrons. The first-order chi connectivity index (χ1) is 5.20. The summed E-state index contributed by atoms with van der Waals surface area (Å²) >= 11 is 0. The molecule has 0 radical (unpaired) electrons. The van der Waals surface area contributed by atoms with Crippen molar-refractivity contribution in [1.29, 1.82) is 5.41 Å². The van der Waals surface area contributed by atoms with Crippen LogP contribution in [0.25, 0.3) is 0 Å². The normalized spacial score (nSPS) is 25.6. The first kappa shape index (κ1) is 8.47. The van der Waals surface area contributed by atoms with E-state index < -0.39 is 0 Å². The van der Waals surface area contributed by atoms with Gasteiger partial charge in [-0.2, -0.15) is 0 Å². The predicted molar refractivity (Wildman–Crippen MR) is 46.0 cm³/mol. The minimum Gasteiger partial charge on any atom is -0.393 e. The molecule has 0 aromatic heterocycles. The molecule has 0 aromatic rings. The highest BCUT2D eigenvalue weighted by Gasteiger charge is 2.11. The zero-order valence-corrected chi connectivity index (χ0v) is 6.93. The minimum atomic E-state index is -0.218. The summed E-state index contributed by atoms with van der Waals surface area (Å²) in [5, 5.41) is 16.8. The van der Waals surface area contributed by atoms with Crippen LogP contribution in [-0.4, -0.2) is 16.9 Å². The maximum atomic E-state index is 9.37. The van der Waals surface area contributed by atoms with Crippen LogP contribution < -0.4 is 0 Å². The van der Waals surface area contributed by atoms with E-state index in [0.29, 0.717) is 12.1 Å². The second-order valence-electron chi connectivity index (χ2n) is 3.14. The monoisotopic (exact) mass is 153 g/mol. The molecule has 0 saturated heterocycles. The Morgan fingerprint density at radius 3 is 3.09 bits per heavy atom. The molecule has 1 aliphatic rings. The number of hydrogen-bond donors (Lipinski definition) is 2. The smallest absolute Gasteiger partial charge is 0.0581 e. The van der Waals surface area contributed by atoms with Crippen molar-refractivity contribution in [3.8, 4) is 0 Å². The summed E-state index contributed by atoms with van der Waals surface area (Å²) in [4.78, 5) is 0. The fourth-order valence-corrected chi connectivity index (χ4v) is 1.38. The summed E-state index contributed by atoms with van der Waals surface area (Å²) in [6, 6.07) is 0. The highest BCUT2D eigenvalue weighted by atomic mass is 16.3. The van der Waals surface area contributed by atoms with Gasteiger partial charge in [-0.05, 0) is 38.2 Å². The second kappa shape index (κ2) is 3.67. The van der Waals surface area contributed by atoms with Crippen molar-refractivity contribution in [1.82, 2.24) is 0 Å². The SMILES string of the molecule is CC(=N)C1=CCCCC(O)C1. The molecule has 0 amide bonds. The van der Waals surface area contributed by atoms with Gasteiger partial charge in [0.2, 0.25) is 0 Å². The average molecular weight is 153 g/mol. The van der Waals surface area contributed by atoms with Crippen LogP contribution in [0.5, 0.6) is 0 Å². The van der Waals surface area contributed by atoms with Crippen LogP contribution >= 0.6 is 0 Å². The number of rotatable bonds is 1. The number of aliphatic hydroxyl groups is 1. The number of nitrogens with one attached hydrogen (secondary N) is 1. The van der Waals surface area contributed by atoms with Crippen LogP contribution in [0.4, 0.5) is 0 Å². The maximum absolute atomic E-state index is 9.37. The third-order valence-electron chi connectivity index (χ3n) is 2.07. The molecule has 1 unspecified atom stereocenters. The molecule has 2 nitrogen and oxygen atoms in total. The Morgan fingerprint density at radius 2 is 2.45 bits per heavy atom. The van der Waals surface area contributed by atoms with E-state index in [1.165, 1.54) is 0 Å². The third-order valence-corrected chi connectivity index (χ3v) is 2.07. The molecule has 2 N–H and O–H groups in total. The van der Waals surface area contributed by atoms with Crippen LogP contribution in [0.15, 0.2) is 11.6 Å². The average Bonchev–Trinajstić information content (AvgIpc) is 2.13. The molecule has 1 atom stereocenters. The lowest BCUT2D eigenvalue weighted by atomic mass is 10.1. The molecular formula is C9H15NO. The Bertz CT molecular complexity index is 184. The molecule has 0 spiro atoms. The Morgan fingerprint density at radius 1 is 1.73 bits per heavy atom. The highest BCUT2D eigenvalue weighted by molar-refractivity contribution is 5.95. The number of aliphatic hydroxyl groups excluding tert-OH is 1. The quantitative estimate of drug-likeness (QED) is 0.555. The van der Waals surface area contributed by atoms with E-state index in [1.54, 1.807) is 6.92 Å². The van der Waals surface area contributed by atoms with E-state index in [1.807, 2.05) is 0 Å². The lowest BCUT2D eigenvalue weighted by Gasteiger charge is -2.07. The van der Waals surface area contributed by atoms with Crippen LogP contribution in [-0.2, 0) is 0 Å². The van der Waals surface area contributed by atoms with Gasteiger partial charge in [0, 0.05) is 5.71 Å². The Hall–Kier alpha value is -0.630. The predicted octanol–water partition coefficient (Wildman–Crippen LogP) is 1.89. The molecule has 0 heterocycles. The number of hydrogen-bond acceptors (Lipinski definition) is 2. The van der Waals surface area contributed by atoms with Crippen molar-refractivity contribution in [2.75, 3.05) is 0 Å². The van der Waals surface area contributed by atoms with Gasteiger partial charge < -0.3 is 10.5 Å². The molecule has 0 saturated carbocycles. The standard InChI is InChI=1S/C9H15NO/c1-7(10)8-4-2-3-5-9(11)6-8/h4,9-11H,2-3,5-6H2,1H3. The summed E-state index contributed by atoms with van der Waals surface area (Å²) in [5.74, 6) is 0. The van der Waals surface area contributed by atoms with Gasteiger partial charge in [0.25, 0.3) is 0 Å². The van der Waals surface area contributed by atoms with E-state index in [0.717, 1.165) is 24.8 Å². The lowest BCUT2D eigenvalue weighted by molar-refractivity contribution is 0.166. The van der Waals surface area contributed by atoms with Gasteiger partial charge in [-0.25, -0.2) is 0 Å². The highest BCUT2D eigenvalue weighted by Crippen LogP contribution is 2.18. The van der Waals surface area contributed by atoms with E-state index in [9.17, 15) is 5.11 Å². The lowest BCUT2D eigenvalue weighted by Crippen LogP contribution is -2.08. The van der Waals surface area contributed by atoms with E-state index in [-0.39, 0.29) is 6.10 Å². The largest absolute Gasteiger partial charge is 0.393 e. The molecule has 0 fully saturated rings. The van der Waals surface area contributed by atoms with E-state index in [2.05, 4.69) is 6.08 Å². The van der Waals surface area contributed by atoms with Crippen LogP contribution in [0.3, 0.4) is 0 Å². The molecule has 1 aliphatic carbocycles. The van der Waals surface area contributed by atoms with Gasteiger partial charge in [-0.15, -0.1) is 0 Å². The molecule has 2 heteroatoms. The first-order valence-corrected chi connectivity index (χ1v) is 4.13. The maximum Gasteiger partial charge on any atom is 0.0581 e. The van der Waals surface area contributed by atoms with Crippen LogP contribution in [0.2, 0.25) is 0 Å². The van der Waals surface area contributed by atoms with Gasteiger partial charge in [-0.1, -0.05) is 6.08 Å². The summed E-state index contributed by atoms with van der Waals surface area (Å²) < 4.78 is 0. The topological polar surface area (TPSA) is 44.1 Å². The Balaban J connectivity index is 2.62. The summed E-state index contributed by atoms with van der Waals surface area (Å²) in [5.41, 5.74) is 1.63. The van der Waals surface area contributed by atoms with Crippen LogP contribution in [0, 0.1) is 5.41 Å². The van der Waals surface area contributed by atoms with E-state index in [4.69, 9.17) is 5.41 Å². The van der Waals surface area contributed by atoms with Crippen molar-refractivity contribution < 1.29 is 5.11 Å². The van der Waals surface area contributed by atoms with Crippen molar-refractivity contribution >= 4 is 5.71 Å². The molecule has 1 rings (SSSR count). The van der Waals surface area contributed by atoms with Crippen molar-refractivity contribution in [3.05, 3.63) is 11.6 Å². The van der Waals surface area contributed by atoms with Gasteiger partial charge in [0.15, 0.2) is 0 Å². The molecule has 11 heavy (non-hydrogen) atoms. The molecule has 0 bridgehead atoms. The molecule has 0 aliphatic heterocycles. The zero-order chi connectivity index (χ0) is 8.27. The molecular weight excluding hydrogens is 138 g/mol. The van der Waals surface area contributed by atoms with Gasteiger partial charge in [0.1, 0.15) is 0 Å². The first-order valence-electron chi connectivity index (χ1n) is 4.13. The van der Waals surface area contributed by atoms with Crippen molar-refractivity contribution in [2.24, 2.45) is 0 Å². The summed E-state index contributed by atoms with van der Waals surface area (Å²) in [6.07, 6.45) is 5.49. The van der Waals surface area contributed by atoms with Gasteiger partial charge >= 0.3 is 0 Å². The van der Waals surface area contributed by atoms with Crippen molar-refractivity contribution in [3.63, 3.8) is 0 Å². The zero-order valence-electron chi connectivity index (χ0n) is 6.93. The van der Waals surface area contributed by atoms with Crippen molar-refractivity contribution in [2.45, 2.75) is 38.7 Å². The second-order valence-corrected chi connectivity index (χ2v) is 3.14. The number of allylic oxidation sites excluding steroid dienone is 1. The van der Waals surface area contributed by atoms with Gasteiger partial charge in [0.05, 0.1) is 6.10 Å². The fraction of sp³-hybridized carbons (Fsp3) is 0.667. The fourth-order valence-electron chi connectivity index (χ4n) is 1.38. The van der Waals surface area contributed by atoms with Crippen LogP contribution in [0.1, 0.15) is 32.6 Å². The Labute approximate surface area is 67.4 Å². The summed E-state index contributed by atoms with van der Waals surface area (Å²) in [6.45, 7) is 1.78. The minimum absolute atomic E-state index is 0.218. The van der Waals surface area contributed by atoms with Gasteiger partial charge in [-0.3, -0.25) is 0 Å². The third kappa shape index (κ3) is 2.46. The molecule has 0 aromatic carbocycles. The Kier molecular flexibility index (Phi) is 2.83.